The highest BCUT2D eigenvalue weighted by Gasteiger charge is 2.29. The fourth-order valence-electron chi connectivity index (χ4n) is 1.66. The predicted octanol–water partition coefficient (Wildman–Crippen LogP) is 3.51. The lowest BCUT2D eigenvalue weighted by Crippen LogP contribution is -2.05. The summed E-state index contributed by atoms with van der Waals surface area (Å²) in [6.07, 6.45) is 0.286. The maximum absolute atomic E-state index is 12.4. The van der Waals surface area contributed by atoms with Crippen LogP contribution in [0.3, 0.4) is 0 Å². The number of rotatable bonds is 3. The van der Waals surface area contributed by atoms with E-state index in [0.717, 1.165) is 29.7 Å². The number of hydrogen-bond donors (Lipinski definition) is 0. The summed E-state index contributed by atoms with van der Waals surface area (Å²) in [6.45, 7) is 2.51. The number of halogens is 3. The van der Waals surface area contributed by atoms with Crippen molar-refractivity contribution in [1.82, 2.24) is 9.78 Å². The second kappa shape index (κ2) is 4.84. The van der Waals surface area contributed by atoms with Gasteiger partial charge in [0.1, 0.15) is 0 Å². The zero-order chi connectivity index (χ0) is 13.2. The van der Waals surface area contributed by atoms with Gasteiger partial charge in [0.2, 0.25) is 0 Å². The minimum Gasteiger partial charge on any atom is -0.268 e. The minimum atomic E-state index is -4.28. The van der Waals surface area contributed by atoms with Gasteiger partial charge in [-0.1, -0.05) is 19.1 Å². The van der Waals surface area contributed by atoms with Gasteiger partial charge in [-0.15, -0.1) is 0 Å². The second-order valence-electron chi connectivity index (χ2n) is 4.09. The molecule has 0 fully saturated rings. The van der Waals surface area contributed by atoms with Crippen molar-refractivity contribution in [3.05, 3.63) is 53.3 Å². The van der Waals surface area contributed by atoms with Gasteiger partial charge >= 0.3 is 6.18 Å². The molecule has 0 aliphatic heterocycles. The molecule has 0 N–H and O–H groups in total. The maximum atomic E-state index is 12.4. The third kappa shape index (κ3) is 2.91. The summed E-state index contributed by atoms with van der Waals surface area (Å²) in [7, 11) is 0. The highest BCUT2D eigenvalue weighted by Crippen LogP contribution is 2.29. The fraction of sp³-hybridized carbons (Fsp3) is 0.308. The molecular weight excluding hydrogens is 241 g/mol. The monoisotopic (exact) mass is 254 g/mol. The van der Waals surface area contributed by atoms with Gasteiger partial charge in [-0.05, 0) is 29.7 Å². The van der Waals surface area contributed by atoms with E-state index in [1.807, 2.05) is 13.1 Å². The van der Waals surface area contributed by atoms with Gasteiger partial charge < -0.3 is 0 Å². The lowest BCUT2D eigenvalue weighted by atomic mass is 10.1. The van der Waals surface area contributed by atoms with Crippen LogP contribution in [0.4, 0.5) is 13.2 Å². The summed E-state index contributed by atoms with van der Waals surface area (Å²) in [4.78, 5) is 0. The normalized spacial score (nSPS) is 11.8. The molecule has 0 unspecified atom stereocenters. The van der Waals surface area contributed by atoms with Gasteiger partial charge in [0.15, 0.2) is 0 Å². The molecule has 2 nitrogen and oxygen atoms in total. The van der Waals surface area contributed by atoms with Crippen LogP contribution in [0.1, 0.15) is 23.6 Å². The zero-order valence-corrected chi connectivity index (χ0v) is 9.91. The van der Waals surface area contributed by atoms with Crippen molar-refractivity contribution in [1.29, 1.82) is 0 Å². The number of hydrogen-bond acceptors (Lipinski definition) is 1. The highest BCUT2D eigenvalue weighted by atomic mass is 19.4. The molecule has 2 aromatic rings. The SMILES string of the molecule is CCc1cnn(Cc2ccc(C(F)(F)F)cc2)c1. The molecule has 18 heavy (non-hydrogen) atoms. The maximum Gasteiger partial charge on any atom is 0.416 e. The second-order valence-corrected chi connectivity index (χ2v) is 4.09. The first-order chi connectivity index (χ1) is 8.49. The minimum absolute atomic E-state index is 0.484. The predicted molar refractivity (Wildman–Crippen MR) is 62.2 cm³/mol. The average molecular weight is 254 g/mol. The molecule has 0 bridgehead atoms. The Bertz CT molecular complexity index is 512. The van der Waals surface area contributed by atoms with E-state index in [0.29, 0.717) is 6.54 Å². The number of nitrogens with zero attached hydrogens (tertiary/aromatic N) is 2. The fourth-order valence-corrected chi connectivity index (χ4v) is 1.66. The van der Waals surface area contributed by atoms with E-state index >= 15 is 0 Å². The Balaban J connectivity index is 2.11. The third-order valence-corrected chi connectivity index (χ3v) is 2.72. The summed E-state index contributed by atoms with van der Waals surface area (Å²) in [5, 5.41) is 4.15. The number of aryl methyl sites for hydroxylation is 1. The van der Waals surface area contributed by atoms with Crippen LogP contribution in [-0.4, -0.2) is 9.78 Å². The van der Waals surface area contributed by atoms with Gasteiger partial charge in [-0.3, -0.25) is 4.68 Å². The zero-order valence-electron chi connectivity index (χ0n) is 9.91. The molecule has 0 aliphatic carbocycles. The van der Waals surface area contributed by atoms with Crippen molar-refractivity contribution in [2.45, 2.75) is 26.1 Å². The van der Waals surface area contributed by atoms with Crippen LogP contribution in [0.2, 0.25) is 0 Å². The standard InChI is InChI=1S/C13H13F3N2/c1-2-10-7-17-18(8-10)9-11-3-5-12(6-4-11)13(14,15)16/h3-8H,2,9H2,1H3. The Hall–Kier alpha value is -1.78. The molecular formula is C13H13F3N2. The molecule has 1 aromatic carbocycles. The van der Waals surface area contributed by atoms with Gasteiger partial charge in [0, 0.05) is 6.20 Å². The number of aromatic nitrogens is 2. The Morgan fingerprint density at radius 3 is 2.28 bits per heavy atom. The molecule has 0 saturated carbocycles. The van der Waals surface area contributed by atoms with E-state index in [1.165, 1.54) is 12.1 Å². The van der Waals surface area contributed by atoms with Crippen molar-refractivity contribution in [2.75, 3.05) is 0 Å². The summed E-state index contributed by atoms with van der Waals surface area (Å²) in [5.41, 5.74) is 1.29. The molecule has 2 rings (SSSR count). The first-order valence-electron chi connectivity index (χ1n) is 5.66. The Labute approximate surface area is 103 Å². The molecule has 0 aliphatic rings. The van der Waals surface area contributed by atoms with Crippen LogP contribution < -0.4 is 0 Å². The molecule has 0 saturated heterocycles. The van der Waals surface area contributed by atoms with Crippen LogP contribution >= 0.6 is 0 Å². The van der Waals surface area contributed by atoms with E-state index in [-0.39, 0.29) is 0 Å². The summed E-state index contributed by atoms with van der Waals surface area (Å²) >= 11 is 0. The average Bonchev–Trinajstić information content (AvgIpc) is 2.76. The van der Waals surface area contributed by atoms with Crippen LogP contribution in [0.15, 0.2) is 36.7 Å². The summed E-state index contributed by atoms with van der Waals surface area (Å²) in [6, 6.07) is 5.16. The molecule has 0 amide bonds. The Morgan fingerprint density at radius 2 is 1.78 bits per heavy atom. The topological polar surface area (TPSA) is 17.8 Å². The van der Waals surface area contributed by atoms with Crippen molar-refractivity contribution in [3.63, 3.8) is 0 Å². The van der Waals surface area contributed by atoms with Crippen LogP contribution in [-0.2, 0) is 19.1 Å². The quantitative estimate of drug-likeness (QED) is 0.819. The first kappa shape index (κ1) is 12.7. The van der Waals surface area contributed by atoms with Gasteiger partial charge in [0.25, 0.3) is 0 Å². The van der Waals surface area contributed by atoms with Gasteiger partial charge in [0.05, 0.1) is 18.3 Å². The number of benzene rings is 1. The lowest BCUT2D eigenvalue weighted by Gasteiger charge is -2.07. The molecule has 0 radical (unpaired) electrons. The van der Waals surface area contributed by atoms with Crippen LogP contribution in [0.25, 0.3) is 0 Å². The molecule has 1 heterocycles. The van der Waals surface area contributed by atoms with Crippen molar-refractivity contribution in [3.8, 4) is 0 Å². The van der Waals surface area contributed by atoms with E-state index < -0.39 is 11.7 Å². The number of alkyl halides is 3. The van der Waals surface area contributed by atoms with Crippen molar-refractivity contribution >= 4 is 0 Å². The molecule has 0 atom stereocenters. The summed E-state index contributed by atoms with van der Waals surface area (Å²) in [5.74, 6) is 0. The van der Waals surface area contributed by atoms with E-state index in [4.69, 9.17) is 0 Å². The van der Waals surface area contributed by atoms with Gasteiger partial charge in [-0.2, -0.15) is 18.3 Å². The van der Waals surface area contributed by atoms with E-state index in [2.05, 4.69) is 5.10 Å². The van der Waals surface area contributed by atoms with E-state index in [1.54, 1.807) is 10.9 Å². The van der Waals surface area contributed by atoms with Crippen molar-refractivity contribution < 1.29 is 13.2 Å². The van der Waals surface area contributed by atoms with Crippen LogP contribution in [0.5, 0.6) is 0 Å². The molecule has 5 heteroatoms. The largest absolute Gasteiger partial charge is 0.416 e. The smallest absolute Gasteiger partial charge is 0.268 e. The first-order valence-corrected chi connectivity index (χ1v) is 5.66. The van der Waals surface area contributed by atoms with Gasteiger partial charge in [-0.25, -0.2) is 0 Å². The lowest BCUT2D eigenvalue weighted by molar-refractivity contribution is -0.137. The van der Waals surface area contributed by atoms with E-state index in [9.17, 15) is 13.2 Å². The Morgan fingerprint density at radius 1 is 1.11 bits per heavy atom. The molecule has 1 aromatic heterocycles. The van der Waals surface area contributed by atoms with Crippen LogP contribution in [0, 0.1) is 0 Å². The summed E-state index contributed by atoms with van der Waals surface area (Å²) < 4.78 is 38.9. The third-order valence-electron chi connectivity index (χ3n) is 2.72. The Kier molecular flexibility index (Phi) is 3.41. The molecule has 0 spiro atoms. The highest BCUT2D eigenvalue weighted by molar-refractivity contribution is 5.24. The molecule has 96 valence electrons. The van der Waals surface area contributed by atoms with Crippen molar-refractivity contribution in [2.24, 2.45) is 0 Å².